The molecule has 4 rings (SSSR count). The molecule has 0 saturated carbocycles. The number of nitriles is 1. The number of carbonyl (C=O) groups excluding carboxylic acids is 2. The van der Waals surface area contributed by atoms with E-state index in [0.29, 0.717) is 22.6 Å². The number of hydrogen-bond donors (Lipinski definition) is 1. The SMILES string of the molecule is CCCC(CCC(CC)C(=O)c1ocnc1C)c1cn(C)c2ccc(NC(=O)c3cccc(C#N)c3)c(C)c12. The molecule has 1 N–H and O–H groups in total. The highest BCUT2D eigenvalue weighted by Crippen LogP contribution is 2.38. The highest BCUT2D eigenvalue weighted by Gasteiger charge is 2.26. The molecule has 2 aromatic carbocycles. The van der Waals surface area contributed by atoms with Crippen LogP contribution in [0.5, 0.6) is 0 Å². The van der Waals surface area contributed by atoms with Crippen LogP contribution in [0, 0.1) is 31.1 Å². The van der Waals surface area contributed by atoms with Gasteiger partial charge in [0.05, 0.1) is 17.3 Å². The van der Waals surface area contributed by atoms with Gasteiger partial charge in [-0.25, -0.2) is 4.98 Å². The Kier molecular flexibility index (Phi) is 8.65. The topological polar surface area (TPSA) is 101 Å². The minimum atomic E-state index is -0.246. The fraction of sp³-hybridized carbons (Fsp3) is 0.375. The first-order chi connectivity index (χ1) is 18.8. The number of benzene rings is 2. The number of aryl methyl sites for hydroxylation is 3. The van der Waals surface area contributed by atoms with Gasteiger partial charge in [-0.15, -0.1) is 0 Å². The zero-order valence-corrected chi connectivity index (χ0v) is 23.4. The van der Waals surface area contributed by atoms with Gasteiger partial charge in [-0.2, -0.15) is 5.26 Å². The number of fused-ring (bicyclic) bond motifs is 1. The van der Waals surface area contributed by atoms with E-state index in [1.165, 1.54) is 12.0 Å². The normalized spacial score (nSPS) is 12.7. The van der Waals surface area contributed by atoms with E-state index in [1.54, 1.807) is 31.2 Å². The third kappa shape index (κ3) is 5.80. The molecule has 2 aromatic heterocycles. The molecule has 0 radical (unpaired) electrons. The summed E-state index contributed by atoms with van der Waals surface area (Å²) in [5.41, 5.74) is 5.64. The maximum atomic E-state index is 13.1. The molecule has 0 spiro atoms. The first kappa shape index (κ1) is 27.8. The van der Waals surface area contributed by atoms with Crippen LogP contribution in [-0.4, -0.2) is 21.2 Å². The Morgan fingerprint density at radius 1 is 1.13 bits per heavy atom. The maximum Gasteiger partial charge on any atom is 0.255 e. The number of anilines is 1. The molecule has 0 bridgehead atoms. The van der Waals surface area contributed by atoms with Gasteiger partial charge in [0.2, 0.25) is 5.78 Å². The fourth-order valence-electron chi connectivity index (χ4n) is 5.52. The van der Waals surface area contributed by atoms with E-state index in [1.807, 2.05) is 33.0 Å². The molecule has 4 aromatic rings. The number of carbonyl (C=O) groups is 2. The van der Waals surface area contributed by atoms with Crippen molar-refractivity contribution in [2.75, 3.05) is 5.32 Å². The molecule has 7 nitrogen and oxygen atoms in total. The monoisotopic (exact) mass is 524 g/mol. The van der Waals surface area contributed by atoms with Crippen LogP contribution in [0.3, 0.4) is 0 Å². The molecule has 2 unspecified atom stereocenters. The van der Waals surface area contributed by atoms with Gasteiger partial charge in [0.1, 0.15) is 0 Å². The number of rotatable bonds is 11. The Morgan fingerprint density at radius 2 is 1.92 bits per heavy atom. The zero-order chi connectivity index (χ0) is 28.1. The maximum absolute atomic E-state index is 13.1. The summed E-state index contributed by atoms with van der Waals surface area (Å²) in [4.78, 5) is 30.3. The number of hydrogen-bond acceptors (Lipinski definition) is 5. The van der Waals surface area contributed by atoms with Crippen molar-refractivity contribution in [3.63, 3.8) is 0 Å². The Bertz CT molecular complexity index is 1540. The summed E-state index contributed by atoms with van der Waals surface area (Å²) in [5.74, 6) is 0.307. The molecular formula is C32H36N4O3. The molecule has 0 aliphatic heterocycles. The Morgan fingerprint density at radius 3 is 2.59 bits per heavy atom. The number of ketones is 1. The van der Waals surface area contributed by atoms with Crippen molar-refractivity contribution in [3.8, 4) is 6.07 Å². The lowest BCUT2D eigenvalue weighted by Crippen LogP contribution is -2.16. The first-order valence-electron chi connectivity index (χ1n) is 13.6. The number of amides is 1. The van der Waals surface area contributed by atoms with E-state index < -0.39 is 0 Å². The molecule has 0 aliphatic carbocycles. The second-order valence-corrected chi connectivity index (χ2v) is 10.3. The summed E-state index contributed by atoms with van der Waals surface area (Å²) in [6.07, 6.45) is 7.95. The molecule has 39 heavy (non-hydrogen) atoms. The van der Waals surface area contributed by atoms with E-state index >= 15 is 0 Å². The van der Waals surface area contributed by atoms with Crippen molar-refractivity contribution in [3.05, 3.63) is 82.7 Å². The molecule has 7 heteroatoms. The van der Waals surface area contributed by atoms with Crippen LogP contribution in [0.1, 0.15) is 95.2 Å². The van der Waals surface area contributed by atoms with Gasteiger partial charge in [0, 0.05) is 41.3 Å². The lowest BCUT2D eigenvalue weighted by Gasteiger charge is -2.20. The highest BCUT2D eigenvalue weighted by molar-refractivity contribution is 6.06. The molecule has 1 amide bonds. The lowest BCUT2D eigenvalue weighted by atomic mass is 9.84. The van der Waals surface area contributed by atoms with Crippen LogP contribution in [-0.2, 0) is 7.05 Å². The summed E-state index contributed by atoms with van der Waals surface area (Å²) >= 11 is 0. The van der Waals surface area contributed by atoms with Crippen LogP contribution in [0.4, 0.5) is 5.69 Å². The molecule has 2 heterocycles. The van der Waals surface area contributed by atoms with Gasteiger partial charge in [-0.05, 0) is 86.9 Å². The third-order valence-electron chi connectivity index (χ3n) is 7.72. The molecule has 202 valence electrons. The molecule has 2 atom stereocenters. The minimum absolute atomic E-state index is 0.0299. The summed E-state index contributed by atoms with van der Waals surface area (Å²) in [5, 5.41) is 13.4. The van der Waals surface area contributed by atoms with E-state index in [9.17, 15) is 14.9 Å². The number of oxazole rings is 1. The van der Waals surface area contributed by atoms with Gasteiger partial charge in [-0.1, -0.05) is 26.3 Å². The van der Waals surface area contributed by atoms with Gasteiger partial charge in [0.25, 0.3) is 5.91 Å². The molecular weight excluding hydrogens is 488 g/mol. The van der Waals surface area contributed by atoms with Crippen molar-refractivity contribution >= 4 is 28.3 Å². The smallest absolute Gasteiger partial charge is 0.255 e. The fourth-order valence-corrected chi connectivity index (χ4v) is 5.52. The molecule has 0 saturated heterocycles. The van der Waals surface area contributed by atoms with Crippen molar-refractivity contribution in [2.24, 2.45) is 13.0 Å². The summed E-state index contributed by atoms with van der Waals surface area (Å²) in [6, 6.07) is 12.8. The highest BCUT2D eigenvalue weighted by atomic mass is 16.3. The first-order valence-corrected chi connectivity index (χ1v) is 13.6. The van der Waals surface area contributed by atoms with Crippen LogP contribution in [0.25, 0.3) is 10.9 Å². The second-order valence-electron chi connectivity index (χ2n) is 10.3. The average molecular weight is 525 g/mol. The van der Waals surface area contributed by atoms with E-state index in [4.69, 9.17) is 4.42 Å². The van der Waals surface area contributed by atoms with Crippen molar-refractivity contribution in [2.45, 2.75) is 65.7 Å². The second kappa shape index (κ2) is 12.1. The van der Waals surface area contributed by atoms with Crippen molar-refractivity contribution < 1.29 is 14.0 Å². The van der Waals surface area contributed by atoms with E-state index in [2.05, 4.69) is 34.1 Å². The van der Waals surface area contributed by atoms with Crippen molar-refractivity contribution in [1.82, 2.24) is 9.55 Å². The predicted molar refractivity (Wildman–Crippen MR) is 153 cm³/mol. The third-order valence-corrected chi connectivity index (χ3v) is 7.72. The lowest BCUT2D eigenvalue weighted by molar-refractivity contribution is 0.0876. The van der Waals surface area contributed by atoms with Crippen LogP contribution < -0.4 is 5.32 Å². The van der Waals surface area contributed by atoms with Crippen LogP contribution >= 0.6 is 0 Å². The number of nitrogens with zero attached hydrogens (tertiary/aromatic N) is 3. The number of Topliss-reactive ketones (excluding diaryl/α,β-unsaturated/α-hetero) is 1. The standard InChI is InChI=1S/C32H36N4O3/c1-6-9-24(13-12-23(7-2)30(37)31-21(4)34-19-39-31)26-18-36(5)28-15-14-27(20(3)29(26)28)35-32(38)25-11-8-10-22(16-25)17-33/h8,10-11,14-16,18-19,23-24H,6-7,9,12-13H2,1-5H3,(H,35,38). The predicted octanol–water partition coefficient (Wildman–Crippen LogP) is 7.48. The van der Waals surface area contributed by atoms with Gasteiger partial charge in [-0.3, -0.25) is 9.59 Å². The molecule has 0 fully saturated rings. The Balaban J connectivity index is 1.63. The van der Waals surface area contributed by atoms with Crippen LogP contribution in [0.15, 0.2) is 53.4 Å². The van der Waals surface area contributed by atoms with Crippen molar-refractivity contribution in [1.29, 1.82) is 5.26 Å². The van der Waals surface area contributed by atoms with Gasteiger partial charge >= 0.3 is 0 Å². The summed E-state index contributed by atoms with van der Waals surface area (Å²) in [7, 11) is 2.05. The summed E-state index contributed by atoms with van der Waals surface area (Å²) < 4.78 is 7.54. The largest absolute Gasteiger partial charge is 0.440 e. The van der Waals surface area contributed by atoms with Crippen LogP contribution in [0.2, 0.25) is 0 Å². The van der Waals surface area contributed by atoms with E-state index in [0.717, 1.165) is 54.3 Å². The Hall–Kier alpha value is -4.18. The van der Waals surface area contributed by atoms with Gasteiger partial charge < -0.3 is 14.3 Å². The number of aromatic nitrogens is 2. The van der Waals surface area contributed by atoms with Gasteiger partial charge in [0.15, 0.2) is 12.2 Å². The zero-order valence-electron chi connectivity index (χ0n) is 23.4. The average Bonchev–Trinajstić information content (AvgIpc) is 3.52. The quantitative estimate of drug-likeness (QED) is 0.205. The minimum Gasteiger partial charge on any atom is -0.440 e. The molecule has 0 aliphatic rings. The number of nitrogens with one attached hydrogen (secondary N) is 1. The van der Waals surface area contributed by atoms with E-state index in [-0.39, 0.29) is 23.5 Å². The Labute approximate surface area is 229 Å². The summed E-state index contributed by atoms with van der Waals surface area (Å²) in [6.45, 7) is 8.08.